The van der Waals surface area contributed by atoms with Crippen LogP contribution in [0.4, 0.5) is 0 Å². The Hall–Kier alpha value is -0.650. The smallest absolute Gasteiger partial charge is 0.248 e. The first-order chi connectivity index (χ1) is 9.74. The first-order valence-corrected chi connectivity index (χ1v) is 7.96. The second-order valence-electron chi connectivity index (χ2n) is 6.48. The Labute approximate surface area is 120 Å². The van der Waals surface area contributed by atoms with E-state index >= 15 is 0 Å². The van der Waals surface area contributed by atoms with Gasteiger partial charge in [-0.2, -0.15) is 0 Å². The number of likely N-dealkylation sites (tertiary alicyclic amines) is 1. The van der Waals surface area contributed by atoms with Crippen LogP contribution < -0.4 is 5.73 Å². The summed E-state index contributed by atoms with van der Waals surface area (Å²) in [6.45, 7) is 3.20. The highest BCUT2D eigenvalue weighted by Gasteiger charge is 2.41. The summed E-state index contributed by atoms with van der Waals surface area (Å²) in [6, 6.07) is 0.301. The zero-order chi connectivity index (χ0) is 13.9. The number of carbonyl (C=O) groups excluding carboxylic acids is 1. The zero-order valence-electron chi connectivity index (χ0n) is 12.1. The summed E-state index contributed by atoms with van der Waals surface area (Å²) in [4.78, 5) is 14.1. The Balaban J connectivity index is 1.39. The highest BCUT2D eigenvalue weighted by molar-refractivity contribution is 5.77. The van der Waals surface area contributed by atoms with Crippen molar-refractivity contribution in [2.75, 3.05) is 32.9 Å². The standard InChI is InChI=1S/C15H26N2O3/c16-15-11-4-5-12(15)8-17(7-11)14(18)10-19-9-13-3-1-2-6-20-13/h11-13,15H,1-10,16H2/t11-,12+,13-,15?/m1/s1. The van der Waals surface area contributed by atoms with E-state index in [1.165, 1.54) is 19.3 Å². The van der Waals surface area contributed by atoms with Gasteiger partial charge in [0, 0.05) is 25.7 Å². The van der Waals surface area contributed by atoms with E-state index in [2.05, 4.69) is 0 Å². The van der Waals surface area contributed by atoms with Crippen molar-refractivity contribution in [2.45, 2.75) is 44.2 Å². The van der Waals surface area contributed by atoms with E-state index in [4.69, 9.17) is 15.2 Å². The van der Waals surface area contributed by atoms with Crippen molar-refractivity contribution in [3.05, 3.63) is 0 Å². The summed E-state index contributed by atoms with van der Waals surface area (Å²) in [7, 11) is 0. The van der Waals surface area contributed by atoms with Gasteiger partial charge in [-0.15, -0.1) is 0 Å². The molecule has 3 fully saturated rings. The van der Waals surface area contributed by atoms with Crippen molar-refractivity contribution in [2.24, 2.45) is 17.6 Å². The van der Waals surface area contributed by atoms with E-state index < -0.39 is 0 Å². The van der Waals surface area contributed by atoms with Crippen LogP contribution in [0, 0.1) is 11.8 Å². The Morgan fingerprint density at radius 3 is 2.60 bits per heavy atom. The Bertz CT molecular complexity index is 330. The summed E-state index contributed by atoms with van der Waals surface area (Å²) >= 11 is 0. The largest absolute Gasteiger partial charge is 0.376 e. The summed E-state index contributed by atoms with van der Waals surface area (Å²) in [5.41, 5.74) is 6.16. The lowest BCUT2D eigenvalue weighted by molar-refractivity contribution is -0.140. The molecule has 3 aliphatic rings. The van der Waals surface area contributed by atoms with Gasteiger partial charge in [0.25, 0.3) is 0 Å². The Kier molecular flexibility index (Phi) is 4.58. The monoisotopic (exact) mass is 282 g/mol. The van der Waals surface area contributed by atoms with E-state index in [9.17, 15) is 4.79 Å². The molecule has 3 rings (SSSR count). The zero-order valence-corrected chi connectivity index (χ0v) is 12.1. The van der Waals surface area contributed by atoms with E-state index in [0.29, 0.717) is 24.5 Å². The molecule has 0 radical (unpaired) electrons. The molecular weight excluding hydrogens is 256 g/mol. The molecule has 2 N–H and O–H groups in total. The van der Waals surface area contributed by atoms with Crippen molar-refractivity contribution >= 4 is 5.91 Å². The van der Waals surface area contributed by atoms with Gasteiger partial charge >= 0.3 is 0 Å². The van der Waals surface area contributed by atoms with Crippen molar-refractivity contribution < 1.29 is 14.3 Å². The lowest BCUT2D eigenvalue weighted by atomic mass is 9.93. The molecule has 0 aromatic carbocycles. The fourth-order valence-electron chi connectivity index (χ4n) is 3.78. The molecule has 0 spiro atoms. The number of amides is 1. The quantitative estimate of drug-likeness (QED) is 0.827. The van der Waals surface area contributed by atoms with Gasteiger partial charge in [-0.25, -0.2) is 0 Å². The van der Waals surface area contributed by atoms with Crippen molar-refractivity contribution in [3.8, 4) is 0 Å². The molecule has 2 saturated heterocycles. The van der Waals surface area contributed by atoms with E-state index in [0.717, 1.165) is 32.5 Å². The summed E-state index contributed by atoms with van der Waals surface area (Å²) in [6.07, 6.45) is 5.93. The fraction of sp³-hybridized carbons (Fsp3) is 0.933. The van der Waals surface area contributed by atoms with Crippen molar-refractivity contribution in [1.29, 1.82) is 0 Å². The Morgan fingerprint density at radius 1 is 1.20 bits per heavy atom. The van der Waals surface area contributed by atoms with Crippen LogP contribution in [0.2, 0.25) is 0 Å². The third-order valence-corrected chi connectivity index (χ3v) is 5.06. The maximum Gasteiger partial charge on any atom is 0.248 e. The highest BCUT2D eigenvalue weighted by atomic mass is 16.5. The van der Waals surface area contributed by atoms with Gasteiger partial charge in [0.2, 0.25) is 5.91 Å². The number of carbonyl (C=O) groups is 1. The topological polar surface area (TPSA) is 64.8 Å². The highest BCUT2D eigenvalue weighted by Crippen LogP contribution is 2.35. The summed E-state index contributed by atoms with van der Waals surface area (Å²) in [5, 5.41) is 0. The van der Waals surface area contributed by atoms with Gasteiger partial charge in [0.15, 0.2) is 0 Å². The minimum Gasteiger partial charge on any atom is -0.376 e. The van der Waals surface area contributed by atoms with Crippen LogP contribution in [0.1, 0.15) is 32.1 Å². The molecule has 114 valence electrons. The number of rotatable bonds is 4. The van der Waals surface area contributed by atoms with E-state index in [-0.39, 0.29) is 18.6 Å². The average Bonchev–Trinajstić information content (AvgIpc) is 2.69. The van der Waals surface area contributed by atoms with Crippen LogP contribution in [0.15, 0.2) is 0 Å². The molecule has 5 heteroatoms. The number of hydrogen-bond donors (Lipinski definition) is 1. The molecule has 5 nitrogen and oxygen atoms in total. The fourth-order valence-corrected chi connectivity index (χ4v) is 3.78. The molecular formula is C15H26N2O3. The third kappa shape index (κ3) is 3.15. The van der Waals surface area contributed by atoms with Crippen LogP contribution in [-0.4, -0.2) is 55.9 Å². The van der Waals surface area contributed by atoms with Crippen LogP contribution in [0.5, 0.6) is 0 Å². The number of hydrogen-bond acceptors (Lipinski definition) is 4. The maximum atomic E-state index is 12.2. The first-order valence-electron chi connectivity index (χ1n) is 7.96. The minimum absolute atomic E-state index is 0.115. The van der Waals surface area contributed by atoms with Gasteiger partial charge in [0.1, 0.15) is 6.61 Å². The molecule has 1 amide bonds. The van der Waals surface area contributed by atoms with Gasteiger partial charge < -0.3 is 20.1 Å². The third-order valence-electron chi connectivity index (χ3n) is 5.06. The molecule has 0 aromatic rings. The maximum absolute atomic E-state index is 12.2. The second-order valence-corrected chi connectivity index (χ2v) is 6.48. The summed E-state index contributed by atoms with van der Waals surface area (Å²) < 4.78 is 11.2. The molecule has 4 atom stereocenters. The average molecular weight is 282 g/mol. The van der Waals surface area contributed by atoms with E-state index in [1.807, 2.05) is 4.90 Å². The Morgan fingerprint density at radius 2 is 1.95 bits per heavy atom. The van der Waals surface area contributed by atoms with Gasteiger partial charge in [-0.05, 0) is 43.9 Å². The molecule has 1 unspecified atom stereocenters. The normalized spacial score (nSPS) is 37.1. The molecule has 20 heavy (non-hydrogen) atoms. The van der Waals surface area contributed by atoms with Crippen LogP contribution in [0.25, 0.3) is 0 Å². The van der Waals surface area contributed by atoms with Gasteiger partial charge in [0.05, 0.1) is 12.7 Å². The van der Waals surface area contributed by atoms with Crippen molar-refractivity contribution in [3.63, 3.8) is 0 Å². The van der Waals surface area contributed by atoms with Crippen LogP contribution in [-0.2, 0) is 14.3 Å². The summed E-state index contributed by atoms with van der Waals surface area (Å²) in [5.74, 6) is 1.11. The van der Waals surface area contributed by atoms with Gasteiger partial charge in [-0.3, -0.25) is 4.79 Å². The molecule has 2 aliphatic heterocycles. The lowest BCUT2D eigenvalue weighted by Gasteiger charge is -2.36. The molecule has 1 aliphatic carbocycles. The van der Waals surface area contributed by atoms with Crippen LogP contribution >= 0.6 is 0 Å². The predicted molar refractivity (Wildman–Crippen MR) is 75.2 cm³/mol. The molecule has 2 bridgehead atoms. The van der Waals surface area contributed by atoms with E-state index in [1.54, 1.807) is 0 Å². The molecule has 1 saturated carbocycles. The van der Waals surface area contributed by atoms with Crippen LogP contribution in [0.3, 0.4) is 0 Å². The minimum atomic E-state index is 0.115. The second kappa shape index (κ2) is 6.41. The SMILES string of the molecule is NC1[C@@H]2CC[C@H]1CN(C(=O)COC[C@H]1CCCCO1)C2. The number of ether oxygens (including phenoxy) is 2. The first kappa shape index (κ1) is 14.3. The lowest BCUT2D eigenvalue weighted by Crippen LogP contribution is -2.51. The van der Waals surface area contributed by atoms with Crippen molar-refractivity contribution in [1.82, 2.24) is 4.90 Å². The number of nitrogens with zero attached hydrogens (tertiary/aromatic N) is 1. The molecule has 2 heterocycles. The number of fused-ring (bicyclic) bond motifs is 2. The number of nitrogens with two attached hydrogens (primary N) is 1. The predicted octanol–water partition coefficient (Wildman–Crippen LogP) is 0.768. The molecule has 0 aromatic heterocycles. The van der Waals surface area contributed by atoms with Gasteiger partial charge in [-0.1, -0.05) is 0 Å². The number of piperidine rings is 1.